The van der Waals surface area contributed by atoms with Crippen molar-refractivity contribution in [3.8, 4) is 0 Å². The predicted octanol–water partition coefficient (Wildman–Crippen LogP) is 8.68. The topological polar surface area (TPSA) is 9.23 Å². The molecule has 0 aliphatic carbocycles. The summed E-state index contributed by atoms with van der Waals surface area (Å²) in [5, 5.41) is 0. The van der Waals surface area contributed by atoms with Gasteiger partial charge in [0.15, 0.2) is 21.3 Å². The van der Waals surface area contributed by atoms with Crippen molar-refractivity contribution < 1.29 is 4.43 Å². The van der Waals surface area contributed by atoms with Crippen LogP contribution in [0.1, 0.15) is 32.1 Å². The third-order valence-corrected chi connectivity index (χ3v) is 9.70. The fraction of sp³-hybridized carbons (Fsp3) is 1.00. The normalized spacial score (nSPS) is 15.0. The molecule has 0 amide bonds. The van der Waals surface area contributed by atoms with Crippen molar-refractivity contribution in [3.05, 3.63) is 0 Å². The van der Waals surface area contributed by atoms with Gasteiger partial charge in [0, 0.05) is 6.61 Å². The van der Waals surface area contributed by atoms with Crippen LogP contribution in [0.3, 0.4) is 0 Å². The summed E-state index contributed by atoms with van der Waals surface area (Å²) in [5.41, 5.74) is 0. The van der Waals surface area contributed by atoms with Crippen LogP contribution in [0, 0.1) is 0 Å². The Morgan fingerprint density at radius 1 is 0.667 bits per heavy atom. The Bertz CT molecular complexity index is 388. The molecule has 146 valence electrons. The van der Waals surface area contributed by atoms with Gasteiger partial charge in [-0.2, -0.15) is 0 Å². The molecule has 0 atom stereocenters. The van der Waals surface area contributed by atoms with E-state index in [1.807, 2.05) is 0 Å². The quantitative estimate of drug-likeness (QED) is 0.153. The zero-order chi connectivity index (χ0) is 19.4. The van der Waals surface area contributed by atoms with Crippen LogP contribution in [-0.2, 0) is 4.43 Å². The molecule has 0 bridgehead atoms. The van der Waals surface area contributed by atoms with E-state index >= 15 is 0 Å². The summed E-state index contributed by atoms with van der Waals surface area (Å²) in [6, 6.07) is 0. The Hall–Kier alpha value is 2.79. The second-order valence-electron chi connectivity index (χ2n) is 6.48. The molecule has 0 aliphatic heterocycles. The van der Waals surface area contributed by atoms with E-state index in [0.717, 1.165) is 25.9 Å². The fourth-order valence-electron chi connectivity index (χ4n) is 1.75. The highest BCUT2D eigenvalue weighted by Crippen LogP contribution is 2.63. The molecule has 0 aromatic heterocycles. The van der Waals surface area contributed by atoms with Gasteiger partial charge in [0.25, 0.3) is 0 Å². The maximum atomic E-state index is 6.26. The Morgan fingerprint density at radius 3 is 1.54 bits per heavy atom. The van der Waals surface area contributed by atoms with Crippen molar-refractivity contribution in [2.75, 3.05) is 6.61 Å². The zero-order valence-corrected chi connectivity index (χ0v) is 21.4. The van der Waals surface area contributed by atoms with Gasteiger partial charge >= 0.3 is 0 Å². The van der Waals surface area contributed by atoms with Crippen molar-refractivity contribution in [2.24, 2.45) is 0 Å². The predicted molar refractivity (Wildman–Crippen MR) is 116 cm³/mol. The lowest BCUT2D eigenvalue weighted by atomic mass is 10.1. The lowest BCUT2D eigenvalue weighted by molar-refractivity contribution is 0.298. The average molecular weight is 540 g/mol. The molecule has 0 unspecified atom stereocenters. The molecule has 24 heavy (non-hydrogen) atoms. The van der Waals surface area contributed by atoms with Gasteiger partial charge in [0.1, 0.15) is 0 Å². The van der Waals surface area contributed by atoms with Gasteiger partial charge in [-0.3, -0.25) is 0 Å². The van der Waals surface area contributed by atoms with Crippen LogP contribution in [0.2, 0.25) is 19.6 Å². The molecule has 0 saturated carbocycles. The smallest absolute Gasteiger partial charge is 0.226 e. The summed E-state index contributed by atoms with van der Waals surface area (Å²) in [4.78, 5) is 0. The van der Waals surface area contributed by atoms with E-state index in [1.54, 1.807) is 0 Å². The second-order valence-corrected chi connectivity index (χ2v) is 17.4. The Morgan fingerprint density at radius 2 is 1.12 bits per heavy atom. The number of rotatable bonds is 10. The van der Waals surface area contributed by atoms with Gasteiger partial charge in [-0.1, -0.05) is 124 Å². The Balaban J connectivity index is 4.44. The molecular formula is C13H21Cl9OSi. The van der Waals surface area contributed by atoms with E-state index in [0.29, 0.717) is 6.42 Å². The summed E-state index contributed by atoms with van der Waals surface area (Å²) in [6.07, 6.45) is 3.68. The first-order chi connectivity index (χ1) is 10.5. The minimum Gasteiger partial charge on any atom is -0.418 e. The average Bonchev–Trinajstić information content (AvgIpc) is 2.34. The maximum Gasteiger partial charge on any atom is 0.226 e. The SMILES string of the molecule is C[Si](C)(C)OCCCCCCC(Cl)(Cl)C(Cl)(Cl)C(Cl)(Cl)C(Cl)(Cl)Cl. The second kappa shape index (κ2) is 10.0. The van der Waals surface area contributed by atoms with Crippen LogP contribution in [-0.4, -0.2) is 31.7 Å². The highest BCUT2D eigenvalue weighted by molar-refractivity contribution is 6.80. The van der Waals surface area contributed by atoms with E-state index in [9.17, 15) is 0 Å². The molecule has 0 aromatic rings. The number of unbranched alkanes of at least 4 members (excludes halogenated alkanes) is 3. The van der Waals surface area contributed by atoms with Crippen LogP contribution in [0.5, 0.6) is 0 Å². The summed E-state index contributed by atoms with van der Waals surface area (Å²) >= 11 is 54.2. The van der Waals surface area contributed by atoms with Crippen LogP contribution in [0.4, 0.5) is 0 Å². The Labute approximate surface area is 190 Å². The fourth-order valence-corrected chi connectivity index (χ4v) is 4.76. The maximum absolute atomic E-state index is 6.26. The van der Waals surface area contributed by atoms with Crippen LogP contribution < -0.4 is 0 Å². The van der Waals surface area contributed by atoms with E-state index in [2.05, 4.69) is 19.6 Å². The summed E-state index contributed by atoms with van der Waals surface area (Å²) in [7, 11) is -1.46. The van der Waals surface area contributed by atoms with Gasteiger partial charge < -0.3 is 4.43 Å². The summed E-state index contributed by atoms with van der Waals surface area (Å²) < 4.78 is -2.40. The lowest BCUT2D eigenvalue weighted by Gasteiger charge is -2.44. The molecule has 0 rings (SSSR count). The molecule has 0 heterocycles. The number of alkyl halides is 9. The first kappa shape index (κ1) is 26.8. The minimum atomic E-state index is -2.21. The standard InChI is InChI=1S/C13H21Cl9OSi/c1-24(2,3)23-9-7-5-4-6-8-10(14,15)11(16,17)12(18,19)13(20,21)22/h4-9H2,1-3H3. The van der Waals surface area contributed by atoms with Gasteiger partial charge in [-0.05, 0) is 32.5 Å². The molecule has 1 nitrogen and oxygen atoms in total. The Kier molecular flexibility index (Phi) is 11.2. The number of hydrogen-bond donors (Lipinski definition) is 0. The van der Waals surface area contributed by atoms with Gasteiger partial charge in [-0.25, -0.2) is 0 Å². The third-order valence-electron chi connectivity index (χ3n) is 3.13. The first-order valence-electron chi connectivity index (χ1n) is 7.30. The van der Waals surface area contributed by atoms with Crippen molar-refractivity contribution in [1.29, 1.82) is 0 Å². The zero-order valence-electron chi connectivity index (χ0n) is 13.6. The summed E-state index contributed by atoms with van der Waals surface area (Å²) in [5.74, 6) is 0. The molecule has 0 N–H and O–H groups in total. The molecule has 0 radical (unpaired) electrons. The molecule has 0 fully saturated rings. The highest BCUT2D eigenvalue weighted by atomic mass is 35.6. The largest absolute Gasteiger partial charge is 0.418 e. The number of halogens is 9. The molecule has 0 spiro atoms. The van der Waals surface area contributed by atoms with E-state index in [-0.39, 0.29) is 6.42 Å². The molecule has 0 aliphatic rings. The van der Waals surface area contributed by atoms with Crippen molar-refractivity contribution in [1.82, 2.24) is 0 Å². The van der Waals surface area contributed by atoms with Crippen LogP contribution >= 0.6 is 104 Å². The van der Waals surface area contributed by atoms with Crippen molar-refractivity contribution in [2.45, 2.75) is 68.5 Å². The van der Waals surface area contributed by atoms with E-state index in [1.165, 1.54) is 0 Å². The highest BCUT2D eigenvalue weighted by Gasteiger charge is 2.67. The third kappa shape index (κ3) is 8.03. The first-order valence-corrected chi connectivity index (χ1v) is 14.1. The molecular weight excluding hydrogens is 519 g/mol. The van der Waals surface area contributed by atoms with Crippen molar-refractivity contribution in [3.63, 3.8) is 0 Å². The minimum absolute atomic E-state index is 0.236. The van der Waals surface area contributed by atoms with Crippen molar-refractivity contribution >= 4 is 113 Å². The van der Waals surface area contributed by atoms with Crippen LogP contribution in [0.15, 0.2) is 0 Å². The number of hydrogen-bond acceptors (Lipinski definition) is 1. The lowest BCUT2D eigenvalue weighted by Crippen LogP contribution is -2.56. The van der Waals surface area contributed by atoms with E-state index < -0.39 is 25.1 Å². The molecule has 11 heteroatoms. The molecule has 0 aromatic carbocycles. The van der Waals surface area contributed by atoms with Gasteiger partial charge in [0.05, 0.1) is 0 Å². The van der Waals surface area contributed by atoms with Gasteiger partial charge in [-0.15, -0.1) is 0 Å². The van der Waals surface area contributed by atoms with E-state index in [4.69, 9.17) is 109 Å². The molecule has 0 saturated heterocycles. The van der Waals surface area contributed by atoms with Crippen LogP contribution in [0.25, 0.3) is 0 Å². The monoisotopic (exact) mass is 536 g/mol. The summed E-state index contributed by atoms with van der Waals surface area (Å²) in [6.45, 7) is 7.20. The van der Waals surface area contributed by atoms with Gasteiger partial charge in [0.2, 0.25) is 3.79 Å².